The monoisotopic (exact) mass is 370 g/mol. The number of rotatable bonds is 4. The first kappa shape index (κ1) is 17.2. The van der Waals surface area contributed by atoms with Crippen molar-refractivity contribution in [2.45, 2.75) is 52.1 Å². The first-order chi connectivity index (χ1) is 12.5. The van der Waals surface area contributed by atoms with Gasteiger partial charge in [0.25, 0.3) is 0 Å². The molecule has 26 heavy (non-hydrogen) atoms. The fourth-order valence-electron chi connectivity index (χ4n) is 3.97. The van der Waals surface area contributed by atoms with E-state index >= 15 is 0 Å². The maximum atomic E-state index is 12.5. The average molecular weight is 371 g/mol. The zero-order chi connectivity index (χ0) is 18.3. The Balaban J connectivity index is 1.49. The Kier molecular flexibility index (Phi) is 4.49. The second-order valence-corrected chi connectivity index (χ2v) is 7.50. The summed E-state index contributed by atoms with van der Waals surface area (Å²) < 4.78 is 1.89. The minimum atomic E-state index is 0.0233. The summed E-state index contributed by atoms with van der Waals surface area (Å²) in [7, 11) is 0. The Morgan fingerprint density at radius 3 is 3.04 bits per heavy atom. The highest BCUT2D eigenvalue weighted by molar-refractivity contribution is 6.35. The van der Waals surface area contributed by atoms with Crippen molar-refractivity contribution in [2.24, 2.45) is 0 Å². The summed E-state index contributed by atoms with van der Waals surface area (Å²) in [5.74, 6) is 0.0557. The number of carbonyl (C=O) groups is 1. The highest BCUT2D eigenvalue weighted by Crippen LogP contribution is 2.36. The number of aromatic nitrogens is 3. The van der Waals surface area contributed by atoms with Gasteiger partial charge in [-0.25, -0.2) is 0 Å². The van der Waals surface area contributed by atoms with Gasteiger partial charge in [0.05, 0.1) is 22.3 Å². The molecule has 2 heterocycles. The third kappa shape index (κ3) is 3.12. The Hall–Kier alpha value is -2.27. The maximum absolute atomic E-state index is 12.5. The van der Waals surface area contributed by atoms with Crippen LogP contribution in [0.4, 0.5) is 0 Å². The second-order valence-electron chi connectivity index (χ2n) is 7.09. The molecule has 1 aromatic carbocycles. The van der Waals surface area contributed by atoms with E-state index in [0.29, 0.717) is 13.0 Å². The van der Waals surface area contributed by atoms with Crippen molar-refractivity contribution in [3.8, 4) is 0 Å². The van der Waals surface area contributed by atoms with Crippen LogP contribution in [0, 0.1) is 13.8 Å². The molecular weight excluding hydrogens is 348 g/mol. The lowest BCUT2D eigenvalue weighted by Gasteiger charge is -2.24. The fourth-order valence-corrected chi connectivity index (χ4v) is 4.19. The van der Waals surface area contributed by atoms with Crippen LogP contribution in [0.3, 0.4) is 0 Å². The number of nitrogens with zero attached hydrogens (tertiary/aromatic N) is 2. The largest absolute Gasteiger partial charge is 0.355 e. The van der Waals surface area contributed by atoms with Gasteiger partial charge in [-0.1, -0.05) is 23.7 Å². The number of benzene rings is 1. The van der Waals surface area contributed by atoms with E-state index in [2.05, 4.69) is 21.5 Å². The Morgan fingerprint density at radius 2 is 2.27 bits per heavy atom. The van der Waals surface area contributed by atoms with Crippen LogP contribution in [-0.2, 0) is 17.8 Å². The van der Waals surface area contributed by atoms with Gasteiger partial charge in [-0.2, -0.15) is 5.10 Å². The third-order valence-corrected chi connectivity index (χ3v) is 5.50. The van der Waals surface area contributed by atoms with E-state index in [9.17, 15) is 4.79 Å². The van der Waals surface area contributed by atoms with Crippen LogP contribution in [0.15, 0.2) is 24.3 Å². The van der Waals surface area contributed by atoms with E-state index in [0.717, 1.165) is 46.9 Å². The number of H-pyrrole nitrogens is 1. The van der Waals surface area contributed by atoms with E-state index in [1.165, 1.54) is 10.9 Å². The van der Waals surface area contributed by atoms with Crippen molar-refractivity contribution < 1.29 is 4.79 Å². The summed E-state index contributed by atoms with van der Waals surface area (Å²) in [4.78, 5) is 16.0. The number of hydrogen-bond donors (Lipinski definition) is 2. The minimum Gasteiger partial charge on any atom is -0.355 e. The SMILES string of the molecule is Cc1cc(C)n(CCC(=O)N[C@@H]2CCCc3c2[nH]c2c(Cl)cccc32)n1. The number of aromatic amines is 1. The lowest BCUT2D eigenvalue weighted by atomic mass is 9.91. The number of para-hydroxylation sites is 1. The van der Waals surface area contributed by atoms with E-state index in [4.69, 9.17) is 11.6 Å². The molecule has 0 radical (unpaired) electrons. The first-order valence-corrected chi connectivity index (χ1v) is 9.50. The molecule has 2 aromatic heterocycles. The highest BCUT2D eigenvalue weighted by atomic mass is 35.5. The molecule has 136 valence electrons. The summed E-state index contributed by atoms with van der Waals surface area (Å²) in [5, 5.41) is 9.52. The maximum Gasteiger partial charge on any atom is 0.222 e. The van der Waals surface area contributed by atoms with Crippen molar-refractivity contribution in [1.29, 1.82) is 0 Å². The van der Waals surface area contributed by atoms with Crippen LogP contribution in [0.5, 0.6) is 0 Å². The summed E-state index contributed by atoms with van der Waals surface area (Å²) in [5.41, 5.74) is 5.44. The molecular formula is C20H23ClN4O. The molecule has 3 aromatic rings. The Labute approximate surface area is 157 Å². The van der Waals surface area contributed by atoms with Crippen LogP contribution >= 0.6 is 11.6 Å². The molecule has 0 saturated heterocycles. The number of halogens is 1. The molecule has 6 heteroatoms. The molecule has 4 rings (SSSR count). The van der Waals surface area contributed by atoms with Crippen molar-refractivity contribution in [3.63, 3.8) is 0 Å². The van der Waals surface area contributed by atoms with E-state index < -0.39 is 0 Å². The van der Waals surface area contributed by atoms with Crippen molar-refractivity contribution in [1.82, 2.24) is 20.1 Å². The predicted octanol–water partition coefficient (Wildman–Crippen LogP) is 4.22. The smallest absolute Gasteiger partial charge is 0.222 e. The number of fused-ring (bicyclic) bond motifs is 3. The minimum absolute atomic E-state index is 0.0233. The van der Waals surface area contributed by atoms with Gasteiger partial charge in [-0.3, -0.25) is 9.48 Å². The Bertz CT molecular complexity index is 972. The number of nitrogens with one attached hydrogen (secondary N) is 2. The van der Waals surface area contributed by atoms with Gasteiger partial charge in [-0.15, -0.1) is 0 Å². The van der Waals surface area contributed by atoms with Gasteiger partial charge in [0.2, 0.25) is 5.91 Å². The van der Waals surface area contributed by atoms with Gasteiger partial charge in [0, 0.05) is 29.7 Å². The molecule has 1 aliphatic rings. The van der Waals surface area contributed by atoms with Crippen molar-refractivity contribution in [3.05, 3.63) is 51.9 Å². The molecule has 0 bridgehead atoms. The quantitative estimate of drug-likeness (QED) is 0.722. The standard InChI is InChI=1S/C20H23ClN4O/c1-12-11-13(2)25(24-12)10-9-18(26)22-17-8-4-6-15-14-5-3-7-16(21)19(14)23-20(15)17/h3,5,7,11,17,23H,4,6,8-10H2,1-2H3,(H,22,26)/t17-/m1/s1. The number of hydrogen-bond acceptors (Lipinski definition) is 2. The van der Waals surface area contributed by atoms with Gasteiger partial charge in [-0.05, 0) is 50.8 Å². The molecule has 0 fully saturated rings. The lowest BCUT2D eigenvalue weighted by Crippen LogP contribution is -2.31. The van der Waals surface area contributed by atoms with Crippen molar-refractivity contribution >= 4 is 28.4 Å². The molecule has 5 nitrogen and oxygen atoms in total. The molecule has 0 spiro atoms. The predicted molar refractivity (Wildman–Crippen MR) is 103 cm³/mol. The Morgan fingerprint density at radius 1 is 1.42 bits per heavy atom. The number of carbonyl (C=O) groups excluding carboxylic acids is 1. The highest BCUT2D eigenvalue weighted by Gasteiger charge is 2.26. The van der Waals surface area contributed by atoms with Crippen LogP contribution < -0.4 is 5.32 Å². The van der Waals surface area contributed by atoms with Crippen LogP contribution in [0.25, 0.3) is 10.9 Å². The summed E-state index contributed by atoms with van der Waals surface area (Å²) in [6.45, 7) is 4.58. The third-order valence-electron chi connectivity index (χ3n) is 5.18. The molecule has 0 unspecified atom stereocenters. The van der Waals surface area contributed by atoms with Crippen LogP contribution in [-0.4, -0.2) is 20.7 Å². The summed E-state index contributed by atoms with van der Waals surface area (Å²) >= 11 is 6.34. The van der Waals surface area contributed by atoms with Crippen LogP contribution in [0.2, 0.25) is 5.02 Å². The number of aryl methyl sites for hydroxylation is 4. The topological polar surface area (TPSA) is 62.7 Å². The molecule has 1 atom stereocenters. The van der Waals surface area contributed by atoms with E-state index in [1.54, 1.807) is 0 Å². The van der Waals surface area contributed by atoms with E-state index in [1.807, 2.05) is 36.7 Å². The van der Waals surface area contributed by atoms with Gasteiger partial charge < -0.3 is 10.3 Å². The summed E-state index contributed by atoms with van der Waals surface area (Å²) in [6.07, 6.45) is 3.46. The normalized spacial score (nSPS) is 16.7. The zero-order valence-electron chi connectivity index (χ0n) is 15.1. The average Bonchev–Trinajstić information content (AvgIpc) is 3.14. The molecule has 1 aliphatic carbocycles. The molecule has 1 amide bonds. The second kappa shape index (κ2) is 6.80. The molecule has 0 aliphatic heterocycles. The fraction of sp³-hybridized carbons (Fsp3) is 0.400. The van der Waals surface area contributed by atoms with E-state index in [-0.39, 0.29) is 11.9 Å². The van der Waals surface area contributed by atoms with Crippen LogP contribution in [0.1, 0.15) is 47.9 Å². The summed E-state index contributed by atoms with van der Waals surface area (Å²) in [6, 6.07) is 8.03. The number of amides is 1. The zero-order valence-corrected chi connectivity index (χ0v) is 15.9. The van der Waals surface area contributed by atoms with Gasteiger partial charge in [0.15, 0.2) is 0 Å². The first-order valence-electron chi connectivity index (χ1n) is 9.12. The molecule has 2 N–H and O–H groups in total. The van der Waals surface area contributed by atoms with Crippen molar-refractivity contribution in [2.75, 3.05) is 0 Å². The van der Waals surface area contributed by atoms with Gasteiger partial charge >= 0.3 is 0 Å². The van der Waals surface area contributed by atoms with Gasteiger partial charge in [0.1, 0.15) is 0 Å². The molecule has 0 saturated carbocycles. The lowest BCUT2D eigenvalue weighted by molar-refractivity contribution is -0.122.